The van der Waals surface area contributed by atoms with Gasteiger partial charge in [0.1, 0.15) is 28.5 Å². The Bertz CT molecular complexity index is 1380. The maximum Gasteiger partial charge on any atom is 0.433 e. The smallest absolute Gasteiger partial charge is 0.433 e. The zero-order valence-electron chi connectivity index (χ0n) is 17.5. The predicted molar refractivity (Wildman–Crippen MR) is 116 cm³/mol. The third-order valence-electron chi connectivity index (χ3n) is 4.83. The SMILES string of the molecule is COc1cc(CO)ccc1Nc1cc(Nc2cccc(C(F)(F)F)n2)nc2[nH]n(C)c(=O)c12. The minimum absolute atomic E-state index is 0.0641. The molecule has 9 nitrogen and oxygen atoms in total. The maximum absolute atomic E-state index is 13.0. The molecule has 0 atom stereocenters. The van der Waals surface area contributed by atoms with E-state index in [1.165, 1.54) is 37.0 Å². The molecule has 4 aromatic rings. The molecule has 0 saturated carbocycles. The molecule has 172 valence electrons. The van der Waals surface area contributed by atoms with Crippen LogP contribution in [-0.2, 0) is 19.8 Å². The molecule has 0 aliphatic heterocycles. The van der Waals surface area contributed by atoms with E-state index in [9.17, 15) is 23.1 Å². The molecule has 0 saturated heterocycles. The van der Waals surface area contributed by atoms with Gasteiger partial charge in [0.15, 0.2) is 5.65 Å². The van der Waals surface area contributed by atoms with Crippen LogP contribution in [0.25, 0.3) is 11.0 Å². The molecule has 0 spiro atoms. The fraction of sp³-hybridized carbons (Fsp3) is 0.190. The quantitative estimate of drug-likeness (QED) is 0.347. The fourth-order valence-electron chi connectivity index (χ4n) is 3.26. The van der Waals surface area contributed by atoms with Crippen LogP contribution in [0.3, 0.4) is 0 Å². The Morgan fingerprint density at radius 3 is 2.58 bits per heavy atom. The largest absolute Gasteiger partial charge is 0.495 e. The van der Waals surface area contributed by atoms with Crippen LogP contribution >= 0.6 is 0 Å². The number of benzene rings is 1. The van der Waals surface area contributed by atoms with Crippen LogP contribution in [0.5, 0.6) is 5.75 Å². The Labute approximate surface area is 184 Å². The van der Waals surface area contributed by atoms with Gasteiger partial charge in [-0.3, -0.25) is 14.6 Å². The first kappa shape index (κ1) is 22.1. The number of fused-ring (bicyclic) bond motifs is 1. The number of H-pyrrole nitrogens is 1. The summed E-state index contributed by atoms with van der Waals surface area (Å²) in [6.45, 7) is -0.174. The maximum atomic E-state index is 13.0. The number of aliphatic hydroxyl groups is 1. The molecular formula is C21H19F3N6O3. The standard InChI is InChI=1S/C21H19F3N6O3/c1-30-20(32)18-13(25-12-7-6-11(10-31)8-14(12)33-2)9-17(28-19(18)29-30)27-16-5-3-4-15(26-16)21(22,23)24/h3-9,31H,10H2,1-2H3,(H3,25,26,27,28,29). The number of nitrogens with zero attached hydrogens (tertiary/aromatic N) is 3. The molecule has 0 aliphatic carbocycles. The van der Waals surface area contributed by atoms with Gasteiger partial charge in [0.05, 0.1) is 25.1 Å². The average Bonchev–Trinajstić information content (AvgIpc) is 3.07. The van der Waals surface area contributed by atoms with Crippen molar-refractivity contribution in [3.63, 3.8) is 0 Å². The predicted octanol–water partition coefficient (Wildman–Crippen LogP) is 3.66. The summed E-state index contributed by atoms with van der Waals surface area (Å²) >= 11 is 0. The number of halogens is 3. The number of methoxy groups -OCH3 is 1. The number of rotatable bonds is 6. The molecule has 0 unspecified atom stereocenters. The molecule has 0 aliphatic rings. The van der Waals surface area contributed by atoms with Crippen molar-refractivity contribution in [2.24, 2.45) is 7.05 Å². The molecular weight excluding hydrogens is 441 g/mol. The molecule has 0 fully saturated rings. The van der Waals surface area contributed by atoms with E-state index >= 15 is 0 Å². The van der Waals surface area contributed by atoms with Crippen molar-refractivity contribution in [3.8, 4) is 5.75 Å². The van der Waals surface area contributed by atoms with E-state index in [2.05, 4.69) is 25.7 Å². The van der Waals surface area contributed by atoms with Gasteiger partial charge in [0, 0.05) is 13.1 Å². The summed E-state index contributed by atoms with van der Waals surface area (Å²) in [5, 5.41) is 18.3. The summed E-state index contributed by atoms with van der Waals surface area (Å²) in [5.74, 6) is 0.517. The molecule has 1 aromatic carbocycles. The lowest BCUT2D eigenvalue weighted by Gasteiger charge is -2.14. The Morgan fingerprint density at radius 1 is 1.09 bits per heavy atom. The van der Waals surface area contributed by atoms with E-state index in [4.69, 9.17) is 4.74 Å². The van der Waals surface area contributed by atoms with Crippen LogP contribution < -0.4 is 20.9 Å². The highest BCUT2D eigenvalue weighted by Gasteiger charge is 2.32. The van der Waals surface area contributed by atoms with Crippen LogP contribution in [0.4, 0.5) is 36.2 Å². The third kappa shape index (κ3) is 4.46. The van der Waals surface area contributed by atoms with E-state index in [1.807, 2.05) is 0 Å². The average molecular weight is 460 g/mol. The van der Waals surface area contributed by atoms with Crippen molar-refractivity contribution >= 4 is 34.0 Å². The van der Waals surface area contributed by atoms with Crippen LogP contribution in [0.15, 0.2) is 47.3 Å². The van der Waals surface area contributed by atoms with Crippen LogP contribution in [0, 0.1) is 0 Å². The van der Waals surface area contributed by atoms with E-state index in [1.54, 1.807) is 18.2 Å². The van der Waals surface area contributed by atoms with E-state index in [0.717, 1.165) is 6.07 Å². The normalized spacial score (nSPS) is 11.6. The molecule has 4 rings (SSSR count). The zero-order chi connectivity index (χ0) is 23.8. The van der Waals surface area contributed by atoms with E-state index in [-0.39, 0.29) is 34.8 Å². The van der Waals surface area contributed by atoms with Gasteiger partial charge < -0.3 is 20.5 Å². The number of aliphatic hydroxyl groups excluding tert-OH is 1. The van der Waals surface area contributed by atoms with Crippen LogP contribution in [0.1, 0.15) is 11.3 Å². The molecule has 0 radical (unpaired) electrons. The molecule has 3 aromatic heterocycles. The molecule has 0 amide bonds. The molecule has 3 heterocycles. The minimum Gasteiger partial charge on any atom is -0.495 e. The zero-order valence-corrected chi connectivity index (χ0v) is 17.5. The highest BCUT2D eigenvalue weighted by molar-refractivity contribution is 5.93. The number of aromatic nitrogens is 4. The lowest BCUT2D eigenvalue weighted by Crippen LogP contribution is -2.12. The molecule has 4 N–H and O–H groups in total. The number of hydrogen-bond donors (Lipinski definition) is 4. The van der Waals surface area contributed by atoms with Gasteiger partial charge in [-0.1, -0.05) is 12.1 Å². The van der Waals surface area contributed by atoms with Crippen molar-refractivity contribution < 1.29 is 23.0 Å². The van der Waals surface area contributed by atoms with Gasteiger partial charge in [-0.05, 0) is 29.8 Å². The Kier molecular flexibility index (Phi) is 5.68. The number of aromatic amines is 1. The molecule has 33 heavy (non-hydrogen) atoms. The Morgan fingerprint density at radius 2 is 1.88 bits per heavy atom. The second-order valence-electron chi connectivity index (χ2n) is 7.10. The first-order chi connectivity index (χ1) is 15.7. The topological polar surface area (TPSA) is 117 Å². The summed E-state index contributed by atoms with van der Waals surface area (Å²) in [7, 11) is 2.98. The van der Waals surface area contributed by atoms with Crippen molar-refractivity contribution in [1.29, 1.82) is 0 Å². The van der Waals surface area contributed by atoms with Gasteiger partial charge in [0.2, 0.25) is 0 Å². The lowest BCUT2D eigenvalue weighted by atomic mass is 10.2. The second-order valence-corrected chi connectivity index (χ2v) is 7.10. The number of aryl methyl sites for hydroxylation is 1. The van der Waals surface area contributed by atoms with Gasteiger partial charge in [-0.15, -0.1) is 0 Å². The van der Waals surface area contributed by atoms with Gasteiger partial charge >= 0.3 is 6.18 Å². The highest BCUT2D eigenvalue weighted by Crippen LogP contribution is 2.33. The number of ether oxygens (including phenoxy) is 1. The summed E-state index contributed by atoms with van der Waals surface area (Å²) < 4.78 is 45.6. The number of anilines is 4. The van der Waals surface area contributed by atoms with Gasteiger partial charge in [-0.25, -0.2) is 9.97 Å². The Hall–Kier alpha value is -4.06. The number of nitrogens with one attached hydrogen (secondary N) is 3. The third-order valence-corrected chi connectivity index (χ3v) is 4.83. The minimum atomic E-state index is -4.59. The van der Waals surface area contributed by atoms with E-state index in [0.29, 0.717) is 22.7 Å². The number of pyridine rings is 2. The highest BCUT2D eigenvalue weighted by atomic mass is 19.4. The molecule has 0 bridgehead atoms. The van der Waals surface area contributed by atoms with Crippen molar-refractivity contribution in [1.82, 2.24) is 19.7 Å². The van der Waals surface area contributed by atoms with Crippen LogP contribution in [-0.4, -0.2) is 32.0 Å². The number of alkyl halides is 3. The van der Waals surface area contributed by atoms with Gasteiger partial charge in [0.25, 0.3) is 5.56 Å². The first-order valence-corrected chi connectivity index (χ1v) is 9.65. The summed E-state index contributed by atoms with van der Waals surface area (Å²) in [6, 6.07) is 9.96. The summed E-state index contributed by atoms with van der Waals surface area (Å²) in [6.07, 6.45) is -4.59. The van der Waals surface area contributed by atoms with Crippen molar-refractivity contribution in [3.05, 3.63) is 64.1 Å². The Balaban J connectivity index is 1.78. The lowest BCUT2D eigenvalue weighted by molar-refractivity contribution is -0.141. The second kappa shape index (κ2) is 8.47. The van der Waals surface area contributed by atoms with Gasteiger partial charge in [-0.2, -0.15) is 13.2 Å². The van der Waals surface area contributed by atoms with Crippen LogP contribution in [0.2, 0.25) is 0 Å². The molecule has 12 heteroatoms. The van der Waals surface area contributed by atoms with E-state index < -0.39 is 11.9 Å². The van der Waals surface area contributed by atoms with Crippen molar-refractivity contribution in [2.75, 3.05) is 17.7 Å². The first-order valence-electron chi connectivity index (χ1n) is 9.65. The monoisotopic (exact) mass is 460 g/mol. The number of hydrogen-bond acceptors (Lipinski definition) is 7. The fourth-order valence-corrected chi connectivity index (χ4v) is 3.26. The summed E-state index contributed by atoms with van der Waals surface area (Å²) in [5.41, 5.74) is 0.296. The van der Waals surface area contributed by atoms with Crippen molar-refractivity contribution in [2.45, 2.75) is 12.8 Å². The summed E-state index contributed by atoms with van der Waals surface area (Å²) in [4.78, 5) is 20.5.